The number of carbonyl (C=O) groups is 2. The largest absolute Gasteiger partial charge is 0.481 e. The van der Waals surface area contributed by atoms with Gasteiger partial charge in [0.1, 0.15) is 5.75 Å². The van der Waals surface area contributed by atoms with Gasteiger partial charge < -0.3 is 9.84 Å². The van der Waals surface area contributed by atoms with Crippen LogP contribution in [0.15, 0.2) is 52.0 Å². The smallest absolute Gasteiger partial charge is 0.341 e. The van der Waals surface area contributed by atoms with Gasteiger partial charge >= 0.3 is 5.97 Å². The first kappa shape index (κ1) is 18.4. The lowest BCUT2D eigenvalue weighted by molar-refractivity contribution is -0.139. The molecule has 2 N–H and O–H groups in total. The Bertz CT molecular complexity index is 795. The number of ether oxygens (including phenoxy) is 1. The van der Waals surface area contributed by atoms with Crippen LogP contribution in [0.4, 0.5) is 0 Å². The summed E-state index contributed by atoms with van der Waals surface area (Å²) < 4.78 is 6.66. The molecular formula is C16H12BrIN2O4. The number of carboxylic acid groups (broad SMARTS) is 1. The number of carbonyl (C=O) groups excluding carboxylic acids is 1. The third-order valence-electron chi connectivity index (χ3n) is 2.77. The van der Waals surface area contributed by atoms with Crippen LogP contribution in [-0.4, -0.2) is 29.8 Å². The summed E-state index contributed by atoms with van der Waals surface area (Å²) in [6, 6.07) is 12.2. The number of hydrogen-bond donors (Lipinski definition) is 2. The van der Waals surface area contributed by atoms with Gasteiger partial charge in [-0.1, -0.05) is 6.07 Å². The molecule has 0 fully saturated rings. The zero-order chi connectivity index (χ0) is 17.5. The average molecular weight is 503 g/mol. The van der Waals surface area contributed by atoms with Crippen molar-refractivity contribution in [3.63, 3.8) is 0 Å². The van der Waals surface area contributed by atoms with Gasteiger partial charge in [-0.2, -0.15) is 5.10 Å². The van der Waals surface area contributed by atoms with Gasteiger partial charge in [-0.3, -0.25) is 4.79 Å². The van der Waals surface area contributed by atoms with E-state index < -0.39 is 12.6 Å². The molecule has 8 heteroatoms. The highest BCUT2D eigenvalue weighted by atomic mass is 127. The summed E-state index contributed by atoms with van der Waals surface area (Å²) in [6.07, 6.45) is 1.48. The lowest BCUT2D eigenvalue weighted by Crippen LogP contribution is -2.17. The summed E-state index contributed by atoms with van der Waals surface area (Å²) >= 11 is 5.43. The van der Waals surface area contributed by atoms with Crippen molar-refractivity contribution in [2.45, 2.75) is 0 Å². The second-order valence-electron chi connectivity index (χ2n) is 4.58. The van der Waals surface area contributed by atoms with Crippen LogP contribution in [0.25, 0.3) is 0 Å². The van der Waals surface area contributed by atoms with Crippen molar-refractivity contribution in [3.05, 3.63) is 61.6 Å². The van der Waals surface area contributed by atoms with Crippen LogP contribution < -0.4 is 10.2 Å². The van der Waals surface area contributed by atoms with Gasteiger partial charge in [-0.25, -0.2) is 10.2 Å². The number of hydrazone groups is 1. The molecule has 0 aliphatic heterocycles. The summed E-state index contributed by atoms with van der Waals surface area (Å²) in [7, 11) is 0. The predicted molar refractivity (Wildman–Crippen MR) is 101 cm³/mol. The van der Waals surface area contributed by atoms with Gasteiger partial charge in [0.05, 0.1) is 10.7 Å². The van der Waals surface area contributed by atoms with E-state index in [-0.39, 0.29) is 5.91 Å². The van der Waals surface area contributed by atoms with E-state index in [9.17, 15) is 9.59 Å². The molecule has 2 rings (SSSR count). The number of carboxylic acids is 1. The van der Waals surface area contributed by atoms with E-state index in [0.29, 0.717) is 21.3 Å². The zero-order valence-corrected chi connectivity index (χ0v) is 15.9. The second-order valence-corrected chi connectivity index (χ2v) is 6.68. The van der Waals surface area contributed by atoms with Gasteiger partial charge in [-0.05, 0) is 80.5 Å². The Morgan fingerprint density at radius 2 is 2.08 bits per heavy atom. The van der Waals surface area contributed by atoms with Gasteiger partial charge in [0.15, 0.2) is 6.61 Å². The number of nitrogens with zero attached hydrogens (tertiary/aromatic N) is 1. The maximum Gasteiger partial charge on any atom is 0.341 e. The normalized spacial score (nSPS) is 10.6. The van der Waals surface area contributed by atoms with Crippen molar-refractivity contribution in [3.8, 4) is 5.75 Å². The first-order valence-electron chi connectivity index (χ1n) is 6.69. The number of amides is 1. The Kier molecular flexibility index (Phi) is 6.73. The van der Waals surface area contributed by atoms with Crippen LogP contribution in [0.5, 0.6) is 5.75 Å². The van der Waals surface area contributed by atoms with Crippen molar-refractivity contribution < 1.29 is 19.4 Å². The first-order valence-corrected chi connectivity index (χ1v) is 8.56. The molecule has 0 saturated carbocycles. The van der Waals surface area contributed by atoms with Gasteiger partial charge in [0.2, 0.25) is 0 Å². The van der Waals surface area contributed by atoms with E-state index in [1.165, 1.54) is 6.21 Å². The number of aliphatic carboxylic acids is 1. The molecule has 0 aliphatic carbocycles. The van der Waals surface area contributed by atoms with E-state index in [2.05, 4.69) is 49.0 Å². The van der Waals surface area contributed by atoms with Crippen LogP contribution in [0.2, 0.25) is 0 Å². The fourth-order valence-electron chi connectivity index (χ4n) is 1.71. The van der Waals surface area contributed by atoms with E-state index in [1.54, 1.807) is 36.4 Å². The molecule has 124 valence electrons. The molecule has 1 amide bonds. The summed E-state index contributed by atoms with van der Waals surface area (Å²) in [5.74, 6) is -0.937. The summed E-state index contributed by atoms with van der Waals surface area (Å²) in [4.78, 5) is 22.4. The van der Waals surface area contributed by atoms with E-state index >= 15 is 0 Å². The monoisotopic (exact) mass is 502 g/mol. The van der Waals surface area contributed by atoms with Crippen LogP contribution in [-0.2, 0) is 4.79 Å². The van der Waals surface area contributed by atoms with Crippen molar-refractivity contribution in [1.29, 1.82) is 0 Å². The maximum absolute atomic E-state index is 11.9. The third kappa shape index (κ3) is 5.60. The fraction of sp³-hybridized carbons (Fsp3) is 0.0625. The summed E-state index contributed by atoms with van der Waals surface area (Å²) in [5, 5.41) is 12.5. The topological polar surface area (TPSA) is 88.0 Å². The molecule has 0 bridgehead atoms. The number of nitrogens with one attached hydrogen (secondary N) is 1. The van der Waals surface area contributed by atoms with Crippen molar-refractivity contribution in [2.75, 3.05) is 6.61 Å². The molecule has 2 aromatic carbocycles. The van der Waals surface area contributed by atoms with Gasteiger partial charge in [-0.15, -0.1) is 0 Å². The molecule has 0 atom stereocenters. The second kappa shape index (κ2) is 8.78. The maximum atomic E-state index is 11.9. The fourth-order valence-corrected chi connectivity index (χ4v) is 2.77. The third-order valence-corrected chi connectivity index (χ3v) is 4.06. The van der Waals surface area contributed by atoms with Crippen LogP contribution >= 0.6 is 38.5 Å². The van der Waals surface area contributed by atoms with Crippen LogP contribution in [0.3, 0.4) is 0 Å². The molecule has 0 saturated heterocycles. The molecule has 24 heavy (non-hydrogen) atoms. The molecule has 0 aromatic heterocycles. The number of halogens is 2. The Morgan fingerprint density at radius 3 is 2.75 bits per heavy atom. The minimum atomic E-state index is -1.05. The van der Waals surface area contributed by atoms with Crippen molar-refractivity contribution >= 4 is 56.6 Å². The Balaban J connectivity index is 1.98. The lowest BCUT2D eigenvalue weighted by Gasteiger charge is -2.06. The molecule has 0 unspecified atom stereocenters. The number of hydrogen-bond acceptors (Lipinski definition) is 4. The van der Waals surface area contributed by atoms with Crippen molar-refractivity contribution in [1.82, 2.24) is 5.43 Å². The minimum absolute atomic E-state index is 0.301. The summed E-state index contributed by atoms with van der Waals surface area (Å²) in [6.45, 7) is -0.419. The van der Waals surface area contributed by atoms with Crippen LogP contribution in [0, 0.1) is 3.57 Å². The van der Waals surface area contributed by atoms with E-state index in [4.69, 9.17) is 9.84 Å². The highest BCUT2D eigenvalue weighted by molar-refractivity contribution is 14.1. The van der Waals surface area contributed by atoms with E-state index in [1.807, 2.05) is 6.07 Å². The zero-order valence-electron chi connectivity index (χ0n) is 12.2. The molecule has 6 nitrogen and oxygen atoms in total. The van der Waals surface area contributed by atoms with Crippen molar-refractivity contribution in [2.24, 2.45) is 5.10 Å². The van der Waals surface area contributed by atoms with E-state index in [0.717, 1.165) is 3.57 Å². The number of rotatable bonds is 6. The predicted octanol–water partition coefficient (Wildman–Crippen LogP) is 3.28. The lowest BCUT2D eigenvalue weighted by atomic mass is 10.2. The minimum Gasteiger partial charge on any atom is -0.481 e. The first-order chi connectivity index (χ1) is 11.5. The summed E-state index contributed by atoms with van der Waals surface area (Å²) in [5.41, 5.74) is 3.69. The number of benzene rings is 2. The molecule has 2 aromatic rings. The van der Waals surface area contributed by atoms with Gasteiger partial charge in [0.25, 0.3) is 5.91 Å². The Labute approximate surface area is 160 Å². The molecule has 0 spiro atoms. The SMILES string of the molecule is O=C(O)COc1ccc(/C=N\NC(=O)c2cccc(I)c2)cc1Br. The van der Waals surface area contributed by atoms with Crippen LogP contribution in [0.1, 0.15) is 15.9 Å². The van der Waals surface area contributed by atoms with Gasteiger partial charge in [0, 0.05) is 9.13 Å². The average Bonchev–Trinajstić information content (AvgIpc) is 2.53. The standard InChI is InChI=1S/C16H12BrIN2O4/c17-13-6-10(4-5-14(13)24-9-15(21)22)8-19-20-16(23)11-2-1-3-12(18)7-11/h1-8H,9H2,(H,20,23)(H,21,22)/b19-8-. The Morgan fingerprint density at radius 1 is 1.29 bits per heavy atom. The molecule has 0 aliphatic rings. The molecule has 0 radical (unpaired) electrons. The quantitative estimate of drug-likeness (QED) is 0.360. The molecule has 0 heterocycles. The molecular weight excluding hydrogens is 491 g/mol. The highest BCUT2D eigenvalue weighted by Gasteiger charge is 2.06. The Hall–Kier alpha value is -1.94. The highest BCUT2D eigenvalue weighted by Crippen LogP contribution is 2.25.